The molecular formula is C20H16N4. The van der Waals surface area contributed by atoms with Gasteiger partial charge in [0.15, 0.2) is 5.65 Å². The minimum atomic E-state index is 0.549. The van der Waals surface area contributed by atoms with Crippen molar-refractivity contribution in [2.75, 3.05) is 5.32 Å². The lowest BCUT2D eigenvalue weighted by Crippen LogP contribution is -1.99. The van der Waals surface area contributed by atoms with E-state index in [1.165, 1.54) is 0 Å². The van der Waals surface area contributed by atoms with Crippen LogP contribution in [0.15, 0.2) is 72.9 Å². The van der Waals surface area contributed by atoms with Crippen molar-refractivity contribution >= 4 is 22.7 Å². The van der Waals surface area contributed by atoms with E-state index in [0.717, 1.165) is 27.9 Å². The molecule has 0 atom stereocenters. The summed E-state index contributed by atoms with van der Waals surface area (Å²) in [6.07, 6.45) is 1.81. The molecule has 4 heteroatoms. The van der Waals surface area contributed by atoms with E-state index in [4.69, 9.17) is 0 Å². The maximum absolute atomic E-state index is 4.66. The van der Waals surface area contributed by atoms with Crippen LogP contribution in [-0.2, 0) is 0 Å². The van der Waals surface area contributed by atoms with Gasteiger partial charge in [-0.2, -0.15) is 4.98 Å². The summed E-state index contributed by atoms with van der Waals surface area (Å²) in [7, 11) is 0. The Balaban J connectivity index is 1.74. The number of pyridine rings is 1. The highest BCUT2D eigenvalue weighted by atomic mass is 15.1. The average Bonchev–Trinajstić information content (AvgIpc) is 2.63. The van der Waals surface area contributed by atoms with Crippen molar-refractivity contribution in [1.82, 2.24) is 15.0 Å². The first kappa shape index (κ1) is 14.3. The van der Waals surface area contributed by atoms with E-state index in [-0.39, 0.29) is 0 Å². The molecule has 0 aliphatic carbocycles. The molecule has 24 heavy (non-hydrogen) atoms. The van der Waals surface area contributed by atoms with Crippen molar-refractivity contribution in [3.8, 4) is 11.1 Å². The highest BCUT2D eigenvalue weighted by Gasteiger charge is 2.08. The van der Waals surface area contributed by atoms with Crippen molar-refractivity contribution < 1.29 is 0 Å². The molecule has 2 heterocycles. The Morgan fingerprint density at radius 3 is 2.29 bits per heavy atom. The molecule has 0 radical (unpaired) electrons. The third-order valence-corrected chi connectivity index (χ3v) is 3.87. The summed E-state index contributed by atoms with van der Waals surface area (Å²) < 4.78 is 0. The molecule has 0 unspecified atom stereocenters. The SMILES string of the molecule is Cc1nc2nc(Nc3ccccc3)ncc2cc1-c1ccccc1. The fraction of sp³-hybridized carbons (Fsp3) is 0.0500. The van der Waals surface area contributed by atoms with Gasteiger partial charge < -0.3 is 5.32 Å². The number of fused-ring (bicyclic) bond motifs is 1. The number of benzene rings is 2. The van der Waals surface area contributed by atoms with Crippen LogP contribution in [0.25, 0.3) is 22.2 Å². The van der Waals surface area contributed by atoms with E-state index in [2.05, 4.69) is 38.5 Å². The Hall–Kier alpha value is -3.27. The van der Waals surface area contributed by atoms with Crippen molar-refractivity contribution in [1.29, 1.82) is 0 Å². The third-order valence-electron chi connectivity index (χ3n) is 3.87. The summed E-state index contributed by atoms with van der Waals surface area (Å²) in [6, 6.07) is 22.2. The zero-order chi connectivity index (χ0) is 16.4. The summed E-state index contributed by atoms with van der Waals surface area (Å²) >= 11 is 0. The lowest BCUT2D eigenvalue weighted by Gasteiger charge is -2.09. The fourth-order valence-corrected chi connectivity index (χ4v) is 2.67. The Morgan fingerprint density at radius 2 is 1.54 bits per heavy atom. The minimum absolute atomic E-state index is 0.549. The quantitative estimate of drug-likeness (QED) is 0.593. The molecule has 4 rings (SSSR count). The van der Waals surface area contributed by atoms with E-state index >= 15 is 0 Å². The molecule has 0 aliphatic heterocycles. The maximum Gasteiger partial charge on any atom is 0.229 e. The zero-order valence-electron chi connectivity index (χ0n) is 13.3. The van der Waals surface area contributed by atoms with Crippen LogP contribution in [0.3, 0.4) is 0 Å². The molecule has 116 valence electrons. The van der Waals surface area contributed by atoms with E-state index < -0.39 is 0 Å². The molecule has 1 N–H and O–H groups in total. The standard InChI is InChI=1S/C20H16N4/c1-14-18(15-8-4-2-5-9-15)12-16-13-21-20(24-19(16)22-14)23-17-10-6-3-7-11-17/h2-13H,1H3,(H,21,22,23,24). The highest BCUT2D eigenvalue weighted by Crippen LogP contribution is 2.25. The third kappa shape index (κ3) is 2.82. The number of aryl methyl sites for hydroxylation is 1. The molecule has 0 aliphatic rings. The molecule has 0 saturated carbocycles. The molecule has 2 aromatic heterocycles. The number of nitrogens with zero attached hydrogens (tertiary/aromatic N) is 3. The lowest BCUT2D eigenvalue weighted by atomic mass is 10.0. The smallest absolute Gasteiger partial charge is 0.229 e. The van der Waals surface area contributed by atoms with Crippen molar-refractivity contribution in [3.05, 3.63) is 78.6 Å². The van der Waals surface area contributed by atoms with Gasteiger partial charge in [-0.15, -0.1) is 0 Å². The Bertz CT molecular complexity index is 982. The first-order chi connectivity index (χ1) is 11.8. The largest absolute Gasteiger partial charge is 0.324 e. The van der Waals surface area contributed by atoms with Crippen LogP contribution in [0, 0.1) is 6.92 Å². The second-order valence-corrected chi connectivity index (χ2v) is 5.58. The molecule has 0 amide bonds. The van der Waals surface area contributed by atoms with E-state index in [0.29, 0.717) is 11.6 Å². The zero-order valence-corrected chi connectivity index (χ0v) is 13.3. The predicted molar refractivity (Wildman–Crippen MR) is 97.2 cm³/mol. The van der Waals surface area contributed by atoms with Gasteiger partial charge in [0.05, 0.1) is 0 Å². The second kappa shape index (κ2) is 6.08. The second-order valence-electron chi connectivity index (χ2n) is 5.58. The normalized spacial score (nSPS) is 10.7. The van der Waals surface area contributed by atoms with Gasteiger partial charge in [-0.3, -0.25) is 0 Å². The van der Waals surface area contributed by atoms with Gasteiger partial charge >= 0.3 is 0 Å². The monoisotopic (exact) mass is 312 g/mol. The van der Waals surface area contributed by atoms with Crippen LogP contribution < -0.4 is 5.32 Å². The molecule has 0 spiro atoms. The number of para-hydroxylation sites is 1. The summed E-state index contributed by atoms with van der Waals surface area (Å²) in [5.74, 6) is 0.549. The van der Waals surface area contributed by atoms with Crippen LogP contribution in [0.5, 0.6) is 0 Å². The van der Waals surface area contributed by atoms with Gasteiger partial charge in [0, 0.05) is 28.5 Å². The maximum atomic E-state index is 4.66. The van der Waals surface area contributed by atoms with Crippen LogP contribution in [-0.4, -0.2) is 15.0 Å². The van der Waals surface area contributed by atoms with Gasteiger partial charge in [0.1, 0.15) is 0 Å². The first-order valence-electron chi connectivity index (χ1n) is 7.81. The number of anilines is 2. The Kier molecular flexibility index (Phi) is 3.63. The number of aromatic nitrogens is 3. The van der Waals surface area contributed by atoms with Gasteiger partial charge in [0.25, 0.3) is 0 Å². The van der Waals surface area contributed by atoms with Gasteiger partial charge in [-0.1, -0.05) is 48.5 Å². The summed E-state index contributed by atoms with van der Waals surface area (Å²) in [5.41, 5.74) is 4.86. The van der Waals surface area contributed by atoms with Gasteiger partial charge in [-0.25, -0.2) is 9.97 Å². The van der Waals surface area contributed by atoms with Gasteiger partial charge in [0.2, 0.25) is 5.95 Å². The molecule has 4 aromatic rings. The van der Waals surface area contributed by atoms with Crippen molar-refractivity contribution in [2.45, 2.75) is 6.92 Å². The molecule has 0 saturated heterocycles. The first-order valence-corrected chi connectivity index (χ1v) is 7.81. The van der Waals surface area contributed by atoms with Crippen LogP contribution in [0.2, 0.25) is 0 Å². The molecule has 2 aromatic carbocycles. The topological polar surface area (TPSA) is 50.7 Å². The molecular weight excluding hydrogens is 296 g/mol. The molecule has 0 fully saturated rings. The highest BCUT2D eigenvalue weighted by molar-refractivity contribution is 5.82. The van der Waals surface area contributed by atoms with E-state index in [9.17, 15) is 0 Å². The van der Waals surface area contributed by atoms with Crippen molar-refractivity contribution in [2.24, 2.45) is 0 Å². The lowest BCUT2D eigenvalue weighted by molar-refractivity contribution is 1.15. The van der Waals surface area contributed by atoms with Crippen LogP contribution in [0.1, 0.15) is 5.69 Å². The van der Waals surface area contributed by atoms with E-state index in [1.54, 1.807) is 0 Å². The van der Waals surface area contributed by atoms with Crippen LogP contribution in [0.4, 0.5) is 11.6 Å². The summed E-state index contributed by atoms with van der Waals surface area (Å²) in [6.45, 7) is 2.01. The predicted octanol–water partition coefficient (Wildman–Crippen LogP) is 4.74. The average molecular weight is 312 g/mol. The van der Waals surface area contributed by atoms with Crippen molar-refractivity contribution in [3.63, 3.8) is 0 Å². The fourth-order valence-electron chi connectivity index (χ4n) is 2.67. The van der Waals surface area contributed by atoms with Crippen LogP contribution >= 0.6 is 0 Å². The minimum Gasteiger partial charge on any atom is -0.324 e. The molecule has 4 nitrogen and oxygen atoms in total. The number of hydrogen-bond acceptors (Lipinski definition) is 4. The number of nitrogens with one attached hydrogen (secondary N) is 1. The Labute approximate surface area is 140 Å². The van der Waals surface area contributed by atoms with E-state index in [1.807, 2.05) is 61.7 Å². The van der Waals surface area contributed by atoms with Gasteiger partial charge in [-0.05, 0) is 30.7 Å². The number of rotatable bonds is 3. The summed E-state index contributed by atoms with van der Waals surface area (Å²) in [5, 5.41) is 4.13. The number of hydrogen-bond donors (Lipinski definition) is 1. The molecule has 0 bridgehead atoms. The Morgan fingerprint density at radius 1 is 0.833 bits per heavy atom. The summed E-state index contributed by atoms with van der Waals surface area (Å²) in [4.78, 5) is 13.6.